The van der Waals surface area contributed by atoms with Gasteiger partial charge < -0.3 is 10.1 Å². The lowest BCUT2D eigenvalue weighted by atomic mass is 10.2. The van der Waals surface area contributed by atoms with E-state index in [0.29, 0.717) is 6.61 Å². The molecule has 6 heteroatoms. The van der Waals surface area contributed by atoms with E-state index in [2.05, 4.69) is 5.32 Å². The van der Waals surface area contributed by atoms with Gasteiger partial charge in [-0.2, -0.15) is 0 Å². The second-order valence-corrected chi connectivity index (χ2v) is 5.16. The van der Waals surface area contributed by atoms with Gasteiger partial charge in [0.1, 0.15) is 6.61 Å². The van der Waals surface area contributed by atoms with Gasteiger partial charge in [0.2, 0.25) is 0 Å². The van der Waals surface area contributed by atoms with E-state index in [1.165, 1.54) is 0 Å². The van der Waals surface area contributed by atoms with E-state index in [0.717, 1.165) is 5.56 Å². The topological polar surface area (TPSA) is 64.6 Å². The Morgan fingerprint density at radius 1 is 1.37 bits per heavy atom. The van der Waals surface area contributed by atoms with Crippen molar-refractivity contribution in [2.75, 3.05) is 12.4 Å². The smallest absolute Gasteiger partial charge is 0.407 e. The summed E-state index contributed by atoms with van der Waals surface area (Å²) in [4.78, 5) is 11.5. The van der Waals surface area contributed by atoms with E-state index < -0.39 is 17.2 Å². The number of ether oxygens (including phenoxy) is 1. The van der Waals surface area contributed by atoms with E-state index in [-0.39, 0.29) is 18.4 Å². The Bertz CT molecular complexity index is 410. The highest BCUT2D eigenvalue weighted by Crippen LogP contribution is 2.01. The Labute approximate surface area is 116 Å². The predicted octanol–water partition coefficient (Wildman–Crippen LogP) is 2.00. The number of amides is 1. The third kappa shape index (κ3) is 6.93. The van der Waals surface area contributed by atoms with Gasteiger partial charge in [-0.05, 0) is 19.4 Å². The molecule has 106 valence electrons. The standard InChI is InChI=1S/C13H19NO4S/c1-3-18-19(16)10-11(2)14-13(15)17-9-12-7-5-4-6-8-12/h4-8,11H,3,9-10H2,1-2H3,(H,14,15). The summed E-state index contributed by atoms with van der Waals surface area (Å²) in [6.45, 7) is 4.12. The summed E-state index contributed by atoms with van der Waals surface area (Å²) < 4.78 is 21.3. The fraction of sp³-hybridized carbons (Fsp3) is 0.462. The normalized spacial score (nSPS) is 13.6. The van der Waals surface area contributed by atoms with Gasteiger partial charge in [0.15, 0.2) is 11.1 Å². The zero-order valence-corrected chi connectivity index (χ0v) is 11.9. The maximum absolute atomic E-state index is 11.5. The van der Waals surface area contributed by atoms with Crippen LogP contribution >= 0.6 is 0 Å². The number of carbonyl (C=O) groups excluding carboxylic acids is 1. The molecule has 0 radical (unpaired) electrons. The van der Waals surface area contributed by atoms with Gasteiger partial charge in [-0.15, -0.1) is 0 Å². The average molecular weight is 285 g/mol. The first-order valence-electron chi connectivity index (χ1n) is 6.10. The summed E-state index contributed by atoms with van der Waals surface area (Å²) >= 11 is -1.38. The van der Waals surface area contributed by atoms with E-state index in [1.54, 1.807) is 13.8 Å². The molecule has 1 N–H and O–H groups in total. The average Bonchev–Trinajstić information content (AvgIpc) is 2.37. The van der Waals surface area contributed by atoms with Crippen LogP contribution in [0, 0.1) is 0 Å². The molecule has 0 saturated heterocycles. The van der Waals surface area contributed by atoms with Crippen LogP contribution in [0.15, 0.2) is 30.3 Å². The summed E-state index contributed by atoms with van der Waals surface area (Å²) in [5, 5.41) is 2.61. The lowest BCUT2D eigenvalue weighted by Gasteiger charge is -2.13. The molecular formula is C13H19NO4S. The van der Waals surface area contributed by atoms with E-state index in [1.807, 2.05) is 30.3 Å². The summed E-state index contributed by atoms with van der Waals surface area (Å²) in [7, 11) is 0. The van der Waals surface area contributed by atoms with Gasteiger partial charge >= 0.3 is 6.09 Å². The predicted molar refractivity (Wildman–Crippen MR) is 73.9 cm³/mol. The number of hydrogen-bond acceptors (Lipinski definition) is 4. The van der Waals surface area contributed by atoms with Crippen molar-refractivity contribution in [3.05, 3.63) is 35.9 Å². The molecule has 19 heavy (non-hydrogen) atoms. The summed E-state index contributed by atoms with van der Waals surface area (Å²) in [5.41, 5.74) is 0.920. The van der Waals surface area contributed by atoms with Crippen molar-refractivity contribution >= 4 is 17.2 Å². The molecule has 0 aliphatic heterocycles. The molecule has 0 spiro atoms. The van der Waals surface area contributed by atoms with Crippen molar-refractivity contribution in [1.82, 2.24) is 5.32 Å². The number of rotatable bonds is 7. The molecule has 1 aromatic rings. The van der Waals surface area contributed by atoms with Gasteiger partial charge in [-0.3, -0.25) is 4.18 Å². The minimum atomic E-state index is -1.38. The monoisotopic (exact) mass is 285 g/mol. The van der Waals surface area contributed by atoms with Crippen LogP contribution in [0.25, 0.3) is 0 Å². The minimum Gasteiger partial charge on any atom is -0.445 e. The quantitative estimate of drug-likeness (QED) is 0.832. The Kier molecular flexibility index (Phi) is 7.14. The largest absolute Gasteiger partial charge is 0.445 e. The zero-order valence-electron chi connectivity index (χ0n) is 11.1. The Morgan fingerprint density at radius 3 is 2.68 bits per heavy atom. The molecular weight excluding hydrogens is 266 g/mol. The third-order valence-corrected chi connectivity index (χ3v) is 3.48. The third-order valence-electron chi connectivity index (χ3n) is 2.21. The molecule has 0 bridgehead atoms. The van der Waals surface area contributed by atoms with Crippen LogP contribution in [-0.4, -0.2) is 28.7 Å². The second-order valence-electron chi connectivity index (χ2n) is 3.98. The van der Waals surface area contributed by atoms with Gasteiger partial charge in [0, 0.05) is 6.04 Å². The lowest BCUT2D eigenvalue weighted by molar-refractivity contribution is 0.137. The van der Waals surface area contributed by atoms with Crippen LogP contribution in [0.5, 0.6) is 0 Å². The number of nitrogens with one attached hydrogen (secondary N) is 1. The molecule has 0 fully saturated rings. The molecule has 0 saturated carbocycles. The zero-order chi connectivity index (χ0) is 14.1. The molecule has 0 aromatic heterocycles. The Balaban J connectivity index is 2.25. The number of benzene rings is 1. The first-order valence-corrected chi connectivity index (χ1v) is 7.35. The first kappa shape index (κ1) is 15.7. The summed E-state index contributed by atoms with van der Waals surface area (Å²) in [5.74, 6) is 0.244. The second kappa shape index (κ2) is 8.66. The molecule has 5 nitrogen and oxygen atoms in total. The van der Waals surface area contributed by atoms with E-state index in [9.17, 15) is 9.00 Å². The van der Waals surface area contributed by atoms with E-state index >= 15 is 0 Å². The SMILES string of the molecule is CCOS(=O)CC(C)NC(=O)OCc1ccccc1. The van der Waals surface area contributed by atoms with Crippen LogP contribution in [-0.2, 0) is 26.6 Å². The number of carbonyl (C=O) groups is 1. The number of hydrogen-bond donors (Lipinski definition) is 1. The molecule has 0 aliphatic rings. The highest BCUT2D eigenvalue weighted by Gasteiger charge is 2.12. The first-order chi connectivity index (χ1) is 9.11. The maximum Gasteiger partial charge on any atom is 0.407 e. The fourth-order valence-electron chi connectivity index (χ4n) is 1.39. The molecule has 1 aromatic carbocycles. The van der Waals surface area contributed by atoms with Crippen molar-refractivity contribution in [3.8, 4) is 0 Å². The van der Waals surface area contributed by atoms with Crippen LogP contribution in [0.4, 0.5) is 4.79 Å². The van der Waals surface area contributed by atoms with Gasteiger partial charge in [-0.25, -0.2) is 9.00 Å². The molecule has 2 atom stereocenters. The Hall–Kier alpha value is -1.40. The van der Waals surface area contributed by atoms with Gasteiger partial charge in [0.05, 0.1) is 12.4 Å². The summed E-state index contributed by atoms with van der Waals surface area (Å²) in [6.07, 6.45) is -0.523. The Morgan fingerprint density at radius 2 is 2.05 bits per heavy atom. The van der Waals surface area contributed by atoms with Crippen LogP contribution in [0.3, 0.4) is 0 Å². The maximum atomic E-state index is 11.5. The van der Waals surface area contributed by atoms with Crippen molar-refractivity contribution < 1.29 is 17.9 Å². The van der Waals surface area contributed by atoms with Crippen LogP contribution in [0.1, 0.15) is 19.4 Å². The summed E-state index contributed by atoms with van der Waals surface area (Å²) in [6, 6.07) is 9.14. The molecule has 1 amide bonds. The van der Waals surface area contributed by atoms with Gasteiger partial charge in [-0.1, -0.05) is 30.3 Å². The highest BCUT2D eigenvalue weighted by atomic mass is 32.2. The van der Waals surface area contributed by atoms with Crippen LogP contribution in [0.2, 0.25) is 0 Å². The number of alkyl carbamates (subject to hydrolysis) is 1. The van der Waals surface area contributed by atoms with Crippen molar-refractivity contribution in [2.45, 2.75) is 26.5 Å². The van der Waals surface area contributed by atoms with Crippen molar-refractivity contribution in [2.24, 2.45) is 0 Å². The van der Waals surface area contributed by atoms with Gasteiger partial charge in [0.25, 0.3) is 0 Å². The van der Waals surface area contributed by atoms with E-state index in [4.69, 9.17) is 8.92 Å². The molecule has 0 heterocycles. The molecule has 0 aliphatic carbocycles. The fourth-order valence-corrected chi connectivity index (χ4v) is 2.24. The lowest BCUT2D eigenvalue weighted by Crippen LogP contribution is -2.36. The minimum absolute atomic E-state index is 0.216. The van der Waals surface area contributed by atoms with Crippen molar-refractivity contribution in [1.29, 1.82) is 0 Å². The highest BCUT2D eigenvalue weighted by molar-refractivity contribution is 7.80. The molecule has 1 rings (SSSR count). The van der Waals surface area contributed by atoms with Crippen molar-refractivity contribution in [3.63, 3.8) is 0 Å². The van der Waals surface area contributed by atoms with Crippen LogP contribution < -0.4 is 5.32 Å². The molecule has 2 unspecified atom stereocenters.